The number of non-ortho nitro benzene ring substituents is 2. The minimum atomic E-state index is -0.562. The summed E-state index contributed by atoms with van der Waals surface area (Å²) in [5.74, 6) is 0.587. The fourth-order valence-corrected chi connectivity index (χ4v) is 3.21. The molecule has 30 heavy (non-hydrogen) atoms. The van der Waals surface area contributed by atoms with Crippen LogP contribution in [0.15, 0.2) is 24.3 Å². The number of ether oxygens (including phenoxy) is 2. The van der Waals surface area contributed by atoms with Crippen molar-refractivity contribution in [1.29, 1.82) is 0 Å². The molecule has 0 saturated heterocycles. The highest BCUT2D eigenvalue weighted by molar-refractivity contribution is 6.38. The van der Waals surface area contributed by atoms with Crippen LogP contribution in [0.5, 0.6) is 11.5 Å². The first kappa shape index (κ1) is 26.0. The van der Waals surface area contributed by atoms with Crippen LogP contribution in [0.1, 0.15) is 26.7 Å². The van der Waals surface area contributed by atoms with E-state index in [1.807, 2.05) is 6.92 Å². The molecule has 2 aromatic carbocycles. The van der Waals surface area contributed by atoms with E-state index < -0.39 is 9.85 Å². The number of nitro groups is 2. The van der Waals surface area contributed by atoms with Gasteiger partial charge in [-0.25, -0.2) is 0 Å². The first-order valence-corrected chi connectivity index (χ1v) is 10.2. The van der Waals surface area contributed by atoms with Crippen LogP contribution >= 0.6 is 46.4 Å². The summed E-state index contributed by atoms with van der Waals surface area (Å²) in [4.78, 5) is 19.8. The van der Waals surface area contributed by atoms with Crippen molar-refractivity contribution in [2.45, 2.75) is 26.7 Å². The molecule has 12 heteroatoms. The number of rotatable bonds is 8. The van der Waals surface area contributed by atoms with Crippen LogP contribution in [-0.4, -0.2) is 23.1 Å². The first-order chi connectivity index (χ1) is 14.1. The second-order valence-corrected chi connectivity index (χ2v) is 7.26. The molecule has 0 spiro atoms. The molecule has 0 unspecified atom stereocenters. The first-order valence-electron chi connectivity index (χ1n) is 8.64. The summed E-state index contributed by atoms with van der Waals surface area (Å²) in [5.41, 5.74) is -0.290. The van der Waals surface area contributed by atoms with Crippen LogP contribution in [0.2, 0.25) is 20.1 Å². The lowest BCUT2D eigenvalue weighted by Crippen LogP contribution is -1.98. The zero-order chi connectivity index (χ0) is 22.8. The molecule has 164 valence electrons. The second kappa shape index (κ2) is 12.6. The van der Waals surface area contributed by atoms with Gasteiger partial charge in [0.15, 0.2) is 11.5 Å². The summed E-state index contributed by atoms with van der Waals surface area (Å²) in [7, 11) is 0. The number of halogens is 4. The minimum Gasteiger partial charge on any atom is -0.491 e. The van der Waals surface area contributed by atoms with Gasteiger partial charge >= 0.3 is 0 Å². The summed E-state index contributed by atoms with van der Waals surface area (Å²) in [6.07, 6.45) is 1.87. The number of hydrogen-bond acceptors (Lipinski definition) is 6. The highest BCUT2D eigenvalue weighted by Gasteiger charge is 2.16. The van der Waals surface area contributed by atoms with Gasteiger partial charge in [0.05, 0.1) is 43.2 Å². The molecule has 8 nitrogen and oxygen atoms in total. The minimum absolute atomic E-state index is 0.141. The average Bonchev–Trinajstić information content (AvgIpc) is 2.67. The Labute approximate surface area is 192 Å². The van der Waals surface area contributed by atoms with Gasteiger partial charge in [0.1, 0.15) is 0 Å². The Morgan fingerprint density at radius 2 is 1.13 bits per heavy atom. The zero-order valence-corrected chi connectivity index (χ0v) is 19.0. The van der Waals surface area contributed by atoms with E-state index in [-0.39, 0.29) is 37.2 Å². The Bertz CT molecular complexity index is 864. The summed E-state index contributed by atoms with van der Waals surface area (Å²) in [6.45, 7) is 4.70. The quantitative estimate of drug-likeness (QED) is 0.213. The Morgan fingerprint density at radius 3 is 1.43 bits per heavy atom. The van der Waals surface area contributed by atoms with Crippen LogP contribution in [0.4, 0.5) is 11.4 Å². The Morgan fingerprint density at radius 1 is 0.767 bits per heavy atom. The number of nitro benzene ring substituents is 2. The predicted molar refractivity (Wildman–Crippen MR) is 118 cm³/mol. The maximum Gasteiger partial charge on any atom is 0.272 e. The molecule has 0 aromatic heterocycles. The number of hydrogen-bond donors (Lipinski definition) is 0. The fourth-order valence-electron chi connectivity index (χ4n) is 2.04. The van der Waals surface area contributed by atoms with Gasteiger partial charge in [-0.2, -0.15) is 0 Å². The van der Waals surface area contributed by atoms with Crippen LogP contribution in [0, 0.1) is 20.2 Å². The van der Waals surface area contributed by atoms with Crippen molar-refractivity contribution < 1.29 is 19.3 Å². The summed E-state index contributed by atoms with van der Waals surface area (Å²) < 4.78 is 10.5. The molecule has 0 atom stereocenters. The smallest absolute Gasteiger partial charge is 0.272 e. The molecule has 0 bridgehead atoms. The van der Waals surface area contributed by atoms with Gasteiger partial charge in [0, 0.05) is 24.3 Å². The normalized spacial score (nSPS) is 10.1. The van der Waals surface area contributed by atoms with Crippen molar-refractivity contribution >= 4 is 57.8 Å². The van der Waals surface area contributed by atoms with Gasteiger partial charge in [-0.1, -0.05) is 59.7 Å². The van der Waals surface area contributed by atoms with Gasteiger partial charge in [-0.05, 0) is 13.3 Å². The summed E-state index contributed by atoms with van der Waals surface area (Å²) >= 11 is 23.2. The van der Waals surface area contributed by atoms with E-state index >= 15 is 0 Å². The van der Waals surface area contributed by atoms with Crippen LogP contribution < -0.4 is 9.47 Å². The zero-order valence-electron chi connectivity index (χ0n) is 16.0. The summed E-state index contributed by atoms with van der Waals surface area (Å²) in [6, 6.07) is 4.88. The van der Waals surface area contributed by atoms with Crippen molar-refractivity contribution in [3.63, 3.8) is 0 Å². The fraction of sp³-hybridized carbons (Fsp3) is 0.333. The van der Waals surface area contributed by atoms with Gasteiger partial charge in [0.2, 0.25) is 0 Å². The lowest BCUT2D eigenvalue weighted by atomic mass is 10.3. The van der Waals surface area contributed by atoms with Crippen LogP contribution in [0.3, 0.4) is 0 Å². The highest BCUT2D eigenvalue weighted by Crippen LogP contribution is 2.37. The van der Waals surface area contributed by atoms with Crippen molar-refractivity contribution in [3.8, 4) is 11.5 Å². The molecular weight excluding hydrogens is 482 g/mol. The third kappa shape index (κ3) is 7.68. The van der Waals surface area contributed by atoms with Gasteiger partial charge in [0.25, 0.3) is 11.4 Å². The summed E-state index contributed by atoms with van der Waals surface area (Å²) in [5, 5.41) is 21.6. The maximum atomic E-state index is 10.5. The van der Waals surface area contributed by atoms with E-state index in [0.717, 1.165) is 12.8 Å². The van der Waals surface area contributed by atoms with Gasteiger partial charge < -0.3 is 9.47 Å². The van der Waals surface area contributed by atoms with Crippen LogP contribution in [0.25, 0.3) is 0 Å². The predicted octanol–water partition coefficient (Wildman–Crippen LogP) is 7.38. The monoisotopic (exact) mass is 498 g/mol. The Kier molecular flexibility index (Phi) is 11.0. The molecule has 2 rings (SSSR count). The average molecular weight is 500 g/mol. The molecule has 0 radical (unpaired) electrons. The molecule has 2 aromatic rings. The molecule has 0 heterocycles. The number of benzene rings is 2. The van der Waals surface area contributed by atoms with E-state index in [9.17, 15) is 20.2 Å². The third-order valence-electron chi connectivity index (χ3n) is 3.42. The van der Waals surface area contributed by atoms with Gasteiger partial charge in [-0.15, -0.1) is 0 Å². The van der Waals surface area contributed by atoms with Crippen molar-refractivity contribution in [2.75, 3.05) is 13.2 Å². The van der Waals surface area contributed by atoms with E-state index in [4.69, 9.17) is 55.9 Å². The van der Waals surface area contributed by atoms with E-state index in [1.165, 1.54) is 24.3 Å². The van der Waals surface area contributed by atoms with Gasteiger partial charge in [-0.3, -0.25) is 20.2 Å². The van der Waals surface area contributed by atoms with Crippen molar-refractivity contribution in [1.82, 2.24) is 0 Å². The molecule has 0 fully saturated rings. The highest BCUT2D eigenvalue weighted by atomic mass is 35.5. The lowest BCUT2D eigenvalue weighted by molar-refractivity contribution is -0.385. The topological polar surface area (TPSA) is 105 Å². The van der Waals surface area contributed by atoms with Crippen molar-refractivity contribution in [3.05, 3.63) is 64.6 Å². The molecule has 0 saturated carbocycles. The van der Waals surface area contributed by atoms with Crippen molar-refractivity contribution in [2.24, 2.45) is 0 Å². The van der Waals surface area contributed by atoms with E-state index in [2.05, 4.69) is 0 Å². The van der Waals surface area contributed by atoms with E-state index in [1.54, 1.807) is 6.92 Å². The number of nitrogens with zero attached hydrogens (tertiary/aromatic N) is 2. The second-order valence-electron chi connectivity index (χ2n) is 5.63. The third-order valence-corrected chi connectivity index (χ3v) is 4.54. The largest absolute Gasteiger partial charge is 0.491 e. The molecule has 0 aliphatic carbocycles. The maximum absolute atomic E-state index is 10.5. The Balaban J connectivity index is 0.000000303. The standard InChI is InChI=1S/C10H11Cl2NO3.C8H7Cl2NO3/c1-2-3-4-16-10-8(11)5-7(13(14)15)6-9(10)12;1-2-14-8-6(9)3-5(11(12)13)4-7(8)10/h5-6H,2-4H2,1H3;3-4H,2H2,1H3. The SMILES string of the molecule is CCCCOc1c(Cl)cc([N+](=O)[O-])cc1Cl.CCOc1c(Cl)cc([N+](=O)[O-])cc1Cl. The molecule has 0 amide bonds. The molecule has 0 N–H and O–H groups in total. The molecular formula is C18H18Cl4N2O6. The van der Waals surface area contributed by atoms with Crippen LogP contribution in [-0.2, 0) is 0 Å². The van der Waals surface area contributed by atoms with E-state index in [0.29, 0.717) is 19.0 Å². The molecule has 0 aliphatic heterocycles. The Hall–Kier alpha value is -2.00. The lowest BCUT2D eigenvalue weighted by Gasteiger charge is -2.08. The number of unbranched alkanes of at least 4 members (excludes halogenated alkanes) is 1. The molecule has 0 aliphatic rings.